The van der Waals surface area contributed by atoms with Crippen LogP contribution in [0.4, 0.5) is 11.8 Å². The first-order valence-corrected chi connectivity index (χ1v) is 7.49. The molecule has 2 aromatic heterocycles. The van der Waals surface area contributed by atoms with Gasteiger partial charge in [0.15, 0.2) is 0 Å². The number of thiophene rings is 1. The lowest BCUT2D eigenvalue weighted by atomic mass is 10.1. The van der Waals surface area contributed by atoms with Crippen LogP contribution < -0.4 is 11.1 Å². The van der Waals surface area contributed by atoms with Crippen LogP contribution in [0.15, 0.2) is 30.3 Å². The fourth-order valence-corrected chi connectivity index (χ4v) is 3.07. The van der Waals surface area contributed by atoms with E-state index in [9.17, 15) is 5.11 Å². The third-order valence-corrected chi connectivity index (χ3v) is 4.12. The molecule has 0 unspecified atom stereocenters. The number of phenolic OH excluding ortho intramolecular Hbond substituents is 1. The number of anilines is 2. The Hall–Kier alpha value is -2.34. The fourth-order valence-electron chi connectivity index (χ4n) is 2.18. The van der Waals surface area contributed by atoms with Gasteiger partial charge in [-0.2, -0.15) is 4.98 Å². The van der Waals surface area contributed by atoms with E-state index in [0.29, 0.717) is 0 Å². The summed E-state index contributed by atoms with van der Waals surface area (Å²) >= 11 is 1.61. The number of nitrogen functional groups attached to an aromatic ring is 1. The molecule has 3 aromatic rings. The smallest absolute Gasteiger partial charge is 0.223 e. The number of phenols is 1. The van der Waals surface area contributed by atoms with Crippen molar-refractivity contribution in [3.8, 4) is 5.75 Å². The number of nitrogens with one attached hydrogen (secondary N) is 1. The maximum Gasteiger partial charge on any atom is 0.223 e. The number of hydrogen-bond acceptors (Lipinski definition) is 6. The summed E-state index contributed by atoms with van der Waals surface area (Å²) in [4.78, 5) is 10.6. The lowest BCUT2D eigenvalue weighted by Gasteiger charge is -2.07. The molecule has 0 aliphatic heterocycles. The van der Waals surface area contributed by atoms with E-state index < -0.39 is 0 Å². The van der Waals surface area contributed by atoms with Crippen LogP contribution in [0.1, 0.15) is 10.4 Å². The SMILES string of the molecule is Cc1cc2c(NCCc3ccc(O)cc3)nc(N)nc2s1. The molecule has 108 valence electrons. The molecule has 21 heavy (non-hydrogen) atoms. The average Bonchev–Trinajstić information content (AvgIpc) is 2.81. The van der Waals surface area contributed by atoms with Gasteiger partial charge in [-0.25, -0.2) is 4.98 Å². The summed E-state index contributed by atoms with van der Waals surface area (Å²) < 4.78 is 0. The fraction of sp³-hybridized carbons (Fsp3) is 0.200. The van der Waals surface area contributed by atoms with E-state index in [-0.39, 0.29) is 11.7 Å². The van der Waals surface area contributed by atoms with Crippen LogP contribution in [0.3, 0.4) is 0 Å². The normalized spacial score (nSPS) is 10.9. The van der Waals surface area contributed by atoms with Crippen molar-refractivity contribution in [1.29, 1.82) is 0 Å². The summed E-state index contributed by atoms with van der Waals surface area (Å²) in [7, 11) is 0. The molecule has 0 radical (unpaired) electrons. The second-order valence-corrected chi connectivity index (χ2v) is 6.08. The molecule has 3 rings (SSSR count). The van der Waals surface area contributed by atoms with Gasteiger partial charge in [0.25, 0.3) is 0 Å². The molecular formula is C15H16N4OS. The van der Waals surface area contributed by atoms with Crippen LogP contribution in [0.25, 0.3) is 10.2 Å². The number of nitrogens with two attached hydrogens (primary N) is 1. The van der Waals surface area contributed by atoms with Crippen LogP contribution >= 0.6 is 11.3 Å². The number of fused-ring (bicyclic) bond motifs is 1. The van der Waals surface area contributed by atoms with Crippen LogP contribution in [-0.2, 0) is 6.42 Å². The summed E-state index contributed by atoms with van der Waals surface area (Å²) in [6.45, 7) is 2.79. The Morgan fingerprint density at radius 3 is 2.76 bits per heavy atom. The zero-order chi connectivity index (χ0) is 14.8. The van der Waals surface area contributed by atoms with E-state index in [1.54, 1.807) is 23.5 Å². The van der Waals surface area contributed by atoms with Gasteiger partial charge in [-0.15, -0.1) is 11.3 Å². The third-order valence-electron chi connectivity index (χ3n) is 3.18. The van der Waals surface area contributed by atoms with Crippen LogP contribution in [0, 0.1) is 6.92 Å². The highest BCUT2D eigenvalue weighted by Gasteiger charge is 2.08. The van der Waals surface area contributed by atoms with Gasteiger partial charge in [-0.05, 0) is 37.1 Å². The Morgan fingerprint density at radius 1 is 1.24 bits per heavy atom. The Morgan fingerprint density at radius 2 is 2.00 bits per heavy atom. The molecule has 4 N–H and O–H groups in total. The first-order chi connectivity index (χ1) is 10.1. The van der Waals surface area contributed by atoms with Gasteiger partial charge in [0.05, 0.1) is 5.39 Å². The lowest BCUT2D eigenvalue weighted by molar-refractivity contribution is 0.475. The van der Waals surface area contributed by atoms with Crippen molar-refractivity contribution in [1.82, 2.24) is 9.97 Å². The van der Waals surface area contributed by atoms with Gasteiger partial charge < -0.3 is 16.2 Å². The highest BCUT2D eigenvalue weighted by atomic mass is 32.1. The molecule has 5 nitrogen and oxygen atoms in total. The summed E-state index contributed by atoms with van der Waals surface area (Å²) in [6.07, 6.45) is 0.842. The molecule has 0 amide bonds. The van der Waals surface area contributed by atoms with E-state index in [1.165, 1.54) is 4.88 Å². The van der Waals surface area contributed by atoms with Crippen molar-refractivity contribution < 1.29 is 5.11 Å². The van der Waals surface area contributed by atoms with E-state index in [4.69, 9.17) is 5.73 Å². The molecule has 1 aromatic carbocycles. The number of nitrogens with zero attached hydrogens (tertiary/aromatic N) is 2. The first kappa shape index (κ1) is 13.6. The van der Waals surface area contributed by atoms with Crippen LogP contribution in [0.2, 0.25) is 0 Å². The average molecular weight is 300 g/mol. The molecule has 0 atom stereocenters. The monoisotopic (exact) mass is 300 g/mol. The Labute approximate surface area is 126 Å². The largest absolute Gasteiger partial charge is 0.508 e. The highest BCUT2D eigenvalue weighted by Crippen LogP contribution is 2.28. The summed E-state index contributed by atoms with van der Waals surface area (Å²) in [5.74, 6) is 1.35. The number of benzene rings is 1. The minimum atomic E-state index is 0.283. The van der Waals surface area contributed by atoms with Crippen molar-refractivity contribution in [3.05, 3.63) is 40.8 Å². The van der Waals surface area contributed by atoms with E-state index in [0.717, 1.165) is 34.6 Å². The number of aromatic nitrogens is 2. The van der Waals surface area contributed by atoms with Crippen molar-refractivity contribution in [2.45, 2.75) is 13.3 Å². The first-order valence-electron chi connectivity index (χ1n) is 6.67. The zero-order valence-electron chi connectivity index (χ0n) is 11.6. The second kappa shape index (κ2) is 5.57. The number of aryl methyl sites for hydroxylation is 1. The topological polar surface area (TPSA) is 84.1 Å². The minimum absolute atomic E-state index is 0.283. The van der Waals surface area contributed by atoms with Gasteiger partial charge in [-0.3, -0.25) is 0 Å². The lowest BCUT2D eigenvalue weighted by Crippen LogP contribution is -2.08. The minimum Gasteiger partial charge on any atom is -0.508 e. The number of hydrogen-bond donors (Lipinski definition) is 3. The molecule has 0 fully saturated rings. The van der Waals surface area contributed by atoms with Crippen molar-refractivity contribution in [3.63, 3.8) is 0 Å². The van der Waals surface area contributed by atoms with Gasteiger partial charge in [0.2, 0.25) is 5.95 Å². The number of aromatic hydroxyl groups is 1. The molecule has 0 saturated carbocycles. The second-order valence-electron chi connectivity index (χ2n) is 4.85. The van der Waals surface area contributed by atoms with Crippen molar-refractivity contribution >= 4 is 33.3 Å². The maximum absolute atomic E-state index is 9.27. The molecule has 0 spiro atoms. The number of rotatable bonds is 4. The Kier molecular flexibility index (Phi) is 3.62. The maximum atomic E-state index is 9.27. The third kappa shape index (κ3) is 3.05. The quantitative estimate of drug-likeness (QED) is 0.690. The zero-order valence-corrected chi connectivity index (χ0v) is 12.4. The van der Waals surface area contributed by atoms with Gasteiger partial charge in [0.1, 0.15) is 16.4 Å². The molecule has 0 saturated heterocycles. The van der Waals surface area contributed by atoms with Crippen molar-refractivity contribution in [2.24, 2.45) is 0 Å². The van der Waals surface area contributed by atoms with Gasteiger partial charge in [-0.1, -0.05) is 12.1 Å². The van der Waals surface area contributed by atoms with Crippen LogP contribution in [-0.4, -0.2) is 21.6 Å². The van der Waals surface area contributed by atoms with Gasteiger partial charge in [0, 0.05) is 11.4 Å². The molecule has 0 bridgehead atoms. The summed E-state index contributed by atoms with van der Waals surface area (Å²) in [5.41, 5.74) is 6.90. The van der Waals surface area contributed by atoms with Gasteiger partial charge >= 0.3 is 0 Å². The van der Waals surface area contributed by atoms with Crippen LogP contribution in [0.5, 0.6) is 5.75 Å². The van der Waals surface area contributed by atoms with E-state index in [1.807, 2.05) is 19.1 Å². The predicted molar refractivity (Wildman–Crippen MR) is 86.9 cm³/mol. The van der Waals surface area contributed by atoms with E-state index in [2.05, 4.69) is 21.4 Å². The molecule has 0 aliphatic carbocycles. The molecule has 6 heteroatoms. The summed E-state index contributed by atoms with van der Waals surface area (Å²) in [5, 5.41) is 13.6. The Bertz CT molecular complexity index is 767. The Balaban J connectivity index is 1.74. The highest BCUT2D eigenvalue weighted by molar-refractivity contribution is 7.18. The standard InChI is InChI=1S/C15H16N4OS/c1-9-8-12-13(18-15(16)19-14(12)21-9)17-7-6-10-2-4-11(20)5-3-10/h2-5,8,20H,6-7H2,1H3,(H3,16,17,18,19). The molecule has 0 aliphatic rings. The van der Waals surface area contributed by atoms with E-state index >= 15 is 0 Å². The predicted octanol–water partition coefficient (Wildman–Crippen LogP) is 2.94. The summed E-state index contributed by atoms with van der Waals surface area (Å²) in [6, 6.07) is 9.28. The van der Waals surface area contributed by atoms with Crippen molar-refractivity contribution in [2.75, 3.05) is 17.6 Å². The molecule has 2 heterocycles. The molecular weight excluding hydrogens is 284 g/mol.